The lowest BCUT2D eigenvalue weighted by Crippen LogP contribution is -2.36. The molecule has 4 rings (SSSR count). The minimum absolute atomic E-state index is 0.0451. The van der Waals surface area contributed by atoms with Crippen molar-refractivity contribution in [1.82, 2.24) is 5.32 Å². The van der Waals surface area contributed by atoms with Gasteiger partial charge in [-0.25, -0.2) is 4.79 Å². The molecule has 36 heavy (non-hydrogen) atoms. The maximum absolute atomic E-state index is 13.7. The number of nitro benzene ring substituents is 1. The smallest absolute Gasteiger partial charge is 0.336 e. The summed E-state index contributed by atoms with van der Waals surface area (Å²) in [6.45, 7) is 2.02. The Kier molecular flexibility index (Phi) is 7.49. The Balaban J connectivity index is 1.79. The first kappa shape index (κ1) is 25.1. The van der Waals surface area contributed by atoms with Gasteiger partial charge in [0.25, 0.3) is 5.69 Å². The van der Waals surface area contributed by atoms with Gasteiger partial charge in [0.05, 0.1) is 24.2 Å². The van der Waals surface area contributed by atoms with Crippen LogP contribution in [0.15, 0.2) is 71.1 Å². The standard InChI is InChI=1S/C27H28N2O7/c1-16-24(27(31)36-12-11-34-2)25(17-7-6-8-19(13-17)29(32)33)26-21(28-16)14-18(15-22(26)30)20-9-4-5-10-23(20)35-3/h4-10,13,18,25,28H,11-12,14-15H2,1-3H3/t18-,25-/m1/s1. The summed E-state index contributed by atoms with van der Waals surface area (Å²) in [4.78, 5) is 37.8. The summed E-state index contributed by atoms with van der Waals surface area (Å²) in [6, 6.07) is 13.7. The molecular weight excluding hydrogens is 464 g/mol. The number of allylic oxidation sites excluding steroid dienone is 3. The summed E-state index contributed by atoms with van der Waals surface area (Å²) < 4.78 is 15.9. The van der Waals surface area contributed by atoms with Gasteiger partial charge in [-0.3, -0.25) is 14.9 Å². The maximum atomic E-state index is 13.7. The van der Waals surface area contributed by atoms with Gasteiger partial charge in [-0.15, -0.1) is 0 Å². The average Bonchev–Trinajstić information content (AvgIpc) is 2.87. The molecule has 0 spiro atoms. The van der Waals surface area contributed by atoms with Crippen LogP contribution in [0.4, 0.5) is 5.69 Å². The fourth-order valence-corrected chi connectivity index (χ4v) is 4.98. The molecule has 188 valence electrons. The largest absolute Gasteiger partial charge is 0.496 e. The van der Waals surface area contributed by atoms with Crippen molar-refractivity contribution in [2.45, 2.75) is 31.6 Å². The summed E-state index contributed by atoms with van der Waals surface area (Å²) in [6.07, 6.45) is 0.744. The second-order valence-electron chi connectivity index (χ2n) is 8.74. The van der Waals surface area contributed by atoms with E-state index in [9.17, 15) is 19.7 Å². The number of Topliss-reactive ketones (excluding diaryl/α,β-unsaturated/α-hetero) is 1. The lowest BCUT2D eigenvalue weighted by Gasteiger charge is -2.36. The van der Waals surface area contributed by atoms with Crippen LogP contribution in [0.3, 0.4) is 0 Å². The van der Waals surface area contributed by atoms with Gasteiger partial charge in [0.15, 0.2) is 5.78 Å². The van der Waals surface area contributed by atoms with Crippen LogP contribution in [-0.4, -0.2) is 44.1 Å². The third kappa shape index (κ3) is 4.87. The van der Waals surface area contributed by atoms with Crippen LogP contribution >= 0.6 is 0 Å². The molecule has 1 N–H and O–H groups in total. The summed E-state index contributed by atoms with van der Waals surface area (Å²) >= 11 is 0. The Hall–Kier alpha value is -3.98. The zero-order chi connectivity index (χ0) is 25.8. The van der Waals surface area contributed by atoms with Crippen molar-refractivity contribution in [3.8, 4) is 5.75 Å². The highest BCUT2D eigenvalue weighted by Gasteiger charge is 2.42. The van der Waals surface area contributed by atoms with Gasteiger partial charge in [0.2, 0.25) is 0 Å². The number of non-ortho nitro benzene ring substituents is 1. The van der Waals surface area contributed by atoms with Crippen LogP contribution in [0.1, 0.15) is 42.7 Å². The number of methoxy groups -OCH3 is 2. The molecule has 0 radical (unpaired) electrons. The molecule has 2 aromatic carbocycles. The van der Waals surface area contributed by atoms with Crippen LogP contribution in [0.25, 0.3) is 0 Å². The van der Waals surface area contributed by atoms with Crippen LogP contribution in [0, 0.1) is 10.1 Å². The van der Waals surface area contributed by atoms with Gasteiger partial charge in [-0.2, -0.15) is 0 Å². The van der Waals surface area contributed by atoms with E-state index in [4.69, 9.17) is 14.2 Å². The predicted molar refractivity (Wildman–Crippen MR) is 132 cm³/mol. The number of rotatable bonds is 8. The second-order valence-corrected chi connectivity index (χ2v) is 8.74. The normalized spacial score (nSPS) is 19.5. The molecule has 1 aliphatic heterocycles. The number of hydrogen-bond donors (Lipinski definition) is 1. The number of nitrogens with zero attached hydrogens (tertiary/aromatic N) is 1. The molecule has 0 saturated carbocycles. The first-order valence-electron chi connectivity index (χ1n) is 11.6. The number of para-hydroxylation sites is 1. The predicted octanol–water partition coefficient (Wildman–Crippen LogP) is 4.15. The fourth-order valence-electron chi connectivity index (χ4n) is 4.98. The molecular formula is C27H28N2O7. The highest BCUT2D eigenvalue weighted by Crippen LogP contribution is 2.47. The number of ketones is 1. The third-order valence-corrected chi connectivity index (χ3v) is 6.56. The zero-order valence-electron chi connectivity index (χ0n) is 20.4. The summed E-state index contributed by atoms with van der Waals surface area (Å²) in [7, 11) is 3.10. The van der Waals surface area contributed by atoms with E-state index in [1.54, 1.807) is 26.2 Å². The van der Waals surface area contributed by atoms with Crippen molar-refractivity contribution >= 4 is 17.4 Å². The topological polar surface area (TPSA) is 117 Å². The number of carbonyl (C=O) groups is 2. The van der Waals surface area contributed by atoms with Crippen LogP contribution in [0.2, 0.25) is 0 Å². The molecule has 1 heterocycles. The van der Waals surface area contributed by atoms with Crippen molar-refractivity contribution in [2.24, 2.45) is 0 Å². The zero-order valence-corrected chi connectivity index (χ0v) is 20.4. The Morgan fingerprint density at radius 1 is 1.11 bits per heavy atom. The molecule has 0 amide bonds. The lowest BCUT2D eigenvalue weighted by atomic mass is 9.71. The van der Waals surface area contributed by atoms with E-state index in [1.807, 2.05) is 24.3 Å². The van der Waals surface area contributed by atoms with Gasteiger partial charge in [-0.05, 0) is 30.5 Å². The van der Waals surface area contributed by atoms with Crippen molar-refractivity contribution in [3.63, 3.8) is 0 Å². The lowest BCUT2D eigenvalue weighted by molar-refractivity contribution is -0.384. The SMILES string of the molecule is COCCOC(=O)C1=C(C)NC2=C(C(=O)C[C@H](c3ccccc3OC)C2)[C@@H]1c1cccc([N+](=O)[O-])c1. The van der Waals surface area contributed by atoms with E-state index in [1.165, 1.54) is 19.2 Å². The Bertz CT molecular complexity index is 1260. The van der Waals surface area contributed by atoms with Crippen molar-refractivity contribution in [3.05, 3.63) is 92.3 Å². The fraction of sp³-hybridized carbons (Fsp3) is 0.333. The molecule has 2 aromatic rings. The molecule has 0 saturated heterocycles. The first-order chi connectivity index (χ1) is 17.3. The molecule has 0 unspecified atom stereocenters. The van der Waals surface area contributed by atoms with E-state index < -0.39 is 16.8 Å². The van der Waals surface area contributed by atoms with Crippen LogP contribution < -0.4 is 10.1 Å². The van der Waals surface area contributed by atoms with Crippen LogP contribution in [0.5, 0.6) is 5.75 Å². The quantitative estimate of drug-likeness (QED) is 0.253. The summed E-state index contributed by atoms with van der Waals surface area (Å²) in [5, 5.41) is 14.8. The van der Waals surface area contributed by atoms with E-state index in [0.717, 1.165) is 5.56 Å². The van der Waals surface area contributed by atoms with Crippen molar-refractivity contribution in [2.75, 3.05) is 27.4 Å². The minimum Gasteiger partial charge on any atom is -0.496 e. The monoisotopic (exact) mass is 492 g/mol. The number of benzene rings is 2. The number of dihydropyridines is 1. The maximum Gasteiger partial charge on any atom is 0.336 e. The first-order valence-corrected chi connectivity index (χ1v) is 11.6. The molecule has 0 bridgehead atoms. The van der Waals surface area contributed by atoms with Gasteiger partial charge < -0.3 is 19.5 Å². The molecule has 1 aliphatic carbocycles. The molecule has 0 aromatic heterocycles. The molecule has 2 atom stereocenters. The highest BCUT2D eigenvalue weighted by atomic mass is 16.6. The number of nitro groups is 1. The number of carbonyl (C=O) groups excluding carboxylic acids is 2. The number of hydrogen-bond acceptors (Lipinski definition) is 8. The molecule has 9 heteroatoms. The van der Waals surface area contributed by atoms with E-state index in [2.05, 4.69) is 5.32 Å². The van der Waals surface area contributed by atoms with Crippen molar-refractivity contribution in [1.29, 1.82) is 0 Å². The van der Waals surface area contributed by atoms with E-state index in [0.29, 0.717) is 34.7 Å². The van der Waals surface area contributed by atoms with Gasteiger partial charge >= 0.3 is 5.97 Å². The Labute approximate surface area is 208 Å². The third-order valence-electron chi connectivity index (χ3n) is 6.56. The molecule has 0 fully saturated rings. The summed E-state index contributed by atoms with van der Waals surface area (Å²) in [5.74, 6) is -0.929. The van der Waals surface area contributed by atoms with Gasteiger partial charge in [-0.1, -0.05) is 30.3 Å². The van der Waals surface area contributed by atoms with E-state index >= 15 is 0 Å². The average molecular weight is 493 g/mol. The summed E-state index contributed by atoms with van der Waals surface area (Å²) in [5.41, 5.74) is 3.24. The van der Waals surface area contributed by atoms with Gasteiger partial charge in [0.1, 0.15) is 12.4 Å². The molecule has 9 nitrogen and oxygen atoms in total. The molecule has 2 aliphatic rings. The van der Waals surface area contributed by atoms with Gasteiger partial charge in [0, 0.05) is 54.5 Å². The second kappa shape index (κ2) is 10.7. The number of nitrogens with one attached hydrogen (secondary N) is 1. The minimum atomic E-state index is -0.790. The number of esters is 1. The Morgan fingerprint density at radius 3 is 2.61 bits per heavy atom. The van der Waals surface area contributed by atoms with E-state index in [-0.39, 0.29) is 42.6 Å². The highest BCUT2D eigenvalue weighted by molar-refractivity contribution is 6.04. The Morgan fingerprint density at radius 2 is 1.89 bits per heavy atom. The van der Waals surface area contributed by atoms with Crippen molar-refractivity contribution < 1.29 is 28.7 Å². The van der Waals surface area contributed by atoms with Crippen LogP contribution in [-0.2, 0) is 19.1 Å². The number of ether oxygens (including phenoxy) is 3.